The molecule has 1 aromatic carbocycles. The number of benzene rings is 1. The number of rotatable bonds is 3. The highest BCUT2D eigenvalue weighted by atomic mass is 127. The quantitative estimate of drug-likeness (QED) is 0.592. The van der Waals surface area contributed by atoms with E-state index in [1.165, 1.54) is 0 Å². The van der Waals surface area contributed by atoms with E-state index in [2.05, 4.69) is 22.6 Å². The van der Waals surface area contributed by atoms with Gasteiger partial charge in [0.1, 0.15) is 0 Å². The van der Waals surface area contributed by atoms with Gasteiger partial charge in [0.2, 0.25) is 0 Å². The fraction of sp³-hybridized carbons (Fsp3) is 0.467. The van der Waals surface area contributed by atoms with E-state index in [0.717, 1.165) is 16.4 Å². The van der Waals surface area contributed by atoms with E-state index >= 15 is 0 Å². The van der Waals surface area contributed by atoms with Crippen molar-refractivity contribution in [3.8, 4) is 0 Å². The Balaban J connectivity index is 2.05. The minimum Gasteiger partial charge on any atom is -0.466 e. The summed E-state index contributed by atoms with van der Waals surface area (Å²) in [4.78, 5) is 26.0. The number of carbonyl (C=O) groups excluding carboxylic acids is 2. The first-order valence-corrected chi connectivity index (χ1v) is 7.91. The molecular formula is C15H18INO3. The molecule has 0 spiro atoms. The van der Waals surface area contributed by atoms with E-state index in [4.69, 9.17) is 4.74 Å². The van der Waals surface area contributed by atoms with Gasteiger partial charge >= 0.3 is 5.97 Å². The average molecular weight is 387 g/mol. The molecule has 0 N–H and O–H groups in total. The van der Waals surface area contributed by atoms with Crippen molar-refractivity contribution in [3.63, 3.8) is 0 Å². The lowest BCUT2D eigenvalue weighted by Gasteiger charge is -2.31. The van der Waals surface area contributed by atoms with Gasteiger partial charge in [-0.25, -0.2) is 0 Å². The van der Waals surface area contributed by atoms with Crippen molar-refractivity contribution in [1.82, 2.24) is 4.90 Å². The number of likely N-dealkylation sites (tertiary alicyclic amines) is 1. The monoisotopic (exact) mass is 387 g/mol. The van der Waals surface area contributed by atoms with Crippen LogP contribution in [0.25, 0.3) is 0 Å². The SMILES string of the molecule is CCOC(=O)[C@H]1CCCN(C(=O)c2cccc(I)c2)C1. The standard InChI is InChI=1S/C15H18INO3/c1-2-20-15(19)12-6-4-8-17(10-12)14(18)11-5-3-7-13(16)9-11/h3,5,7,9,12H,2,4,6,8,10H2,1H3/t12-/m0/s1. The molecule has 1 heterocycles. The maximum atomic E-state index is 12.4. The maximum absolute atomic E-state index is 12.4. The fourth-order valence-corrected chi connectivity index (χ4v) is 2.96. The van der Waals surface area contributed by atoms with Gasteiger partial charge in [-0.15, -0.1) is 0 Å². The third kappa shape index (κ3) is 3.71. The first-order valence-electron chi connectivity index (χ1n) is 6.83. The van der Waals surface area contributed by atoms with Gasteiger partial charge < -0.3 is 9.64 Å². The molecule has 4 nitrogen and oxygen atoms in total. The molecule has 0 radical (unpaired) electrons. The molecule has 0 unspecified atom stereocenters. The van der Waals surface area contributed by atoms with Crippen LogP contribution in [0, 0.1) is 9.49 Å². The highest BCUT2D eigenvalue weighted by Gasteiger charge is 2.29. The van der Waals surface area contributed by atoms with Gasteiger partial charge in [-0.2, -0.15) is 0 Å². The van der Waals surface area contributed by atoms with E-state index in [1.54, 1.807) is 11.8 Å². The second-order valence-corrected chi connectivity index (χ2v) is 6.10. The topological polar surface area (TPSA) is 46.6 Å². The van der Waals surface area contributed by atoms with Crippen LogP contribution in [0.4, 0.5) is 0 Å². The minimum absolute atomic E-state index is 0.00230. The Labute approximate surface area is 132 Å². The number of hydrogen-bond donors (Lipinski definition) is 0. The number of esters is 1. The molecule has 1 aliphatic heterocycles. The molecule has 2 rings (SSSR count). The Morgan fingerprint density at radius 3 is 2.95 bits per heavy atom. The van der Waals surface area contributed by atoms with E-state index in [-0.39, 0.29) is 17.8 Å². The van der Waals surface area contributed by atoms with Crippen LogP contribution in [0.2, 0.25) is 0 Å². The Hall–Kier alpha value is -1.11. The molecule has 1 aromatic rings. The lowest BCUT2D eigenvalue weighted by Crippen LogP contribution is -2.42. The van der Waals surface area contributed by atoms with E-state index in [9.17, 15) is 9.59 Å². The largest absolute Gasteiger partial charge is 0.466 e. The Morgan fingerprint density at radius 2 is 2.25 bits per heavy atom. The van der Waals surface area contributed by atoms with Gasteiger partial charge in [0.15, 0.2) is 0 Å². The van der Waals surface area contributed by atoms with Crippen LogP contribution in [0.5, 0.6) is 0 Å². The molecule has 1 amide bonds. The first kappa shape index (κ1) is 15.3. The zero-order valence-corrected chi connectivity index (χ0v) is 13.6. The molecule has 0 aromatic heterocycles. The molecule has 0 aliphatic carbocycles. The Morgan fingerprint density at radius 1 is 1.45 bits per heavy atom. The number of nitrogens with zero attached hydrogens (tertiary/aromatic N) is 1. The molecule has 108 valence electrons. The second-order valence-electron chi connectivity index (χ2n) is 4.85. The maximum Gasteiger partial charge on any atom is 0.310 e. The summed E-state index contributed by atoms with van der Waals surface area (Å²) in [6.45, 7) is 3.36. The first-order chi connectivity index (χ1) is 9.61. The van der Waals surface area contributed by atoms with Crippen molar-refractivity contribution in [2.75, 3.05) is 19.7 Å². The van der Waals surface area contributed by atoms with Crippen molar-refractivity contribution in [2.24, 2.45) is 5.92 Å². The van der Waals surface area contributed by atoms with Crippen molar-refractivity contribution < 1.29 is 14.3 Å². The van der Waals surface area contributed by atoms with Crippen LogP contribution in [0.3, 0.4) is 0 Å². The summed E-state index contributed by atoms with van der Waals surface area (Å²) in [6.07, 6.45) is 1.65. The molecule has 20 heavy (non-hydrogen) atoms. The molecule has 1 aliphatic rings. The predicted octanol–water partition coefficient (Wildman–Crippen LogP) is 2.71. The molecule has 1 fully saturated rings. The smallest absolute Gasteiger partial charge is 0.310 e. The molecule has 0 bridgehead atoms. The Bertz CT molecular complexity index is 504. The molecule has 0 saturated carbocycles. The average Bonchev–Trinajstić information content (AvgIpc) is 2.47. The van der Waals surface area contributed by atoms with Gasteiger partial charge in [0.05, 0.1) is 12.5 Å². The third-order valence-electron chi connectivity index (χ3n) is 3.40. The zero-order valence-electron chi connectivity index (χ0n) is 11.5. The van der Waals surface area contributed by atoms with Crippen LogP contribution in [-0.2, 0) is 9.53 Å². The van der Waals surface area contributed by atoms with Crippen LogP contribution in [0.15, 0.2) is 24.3 Å². The summed E-state index contributed by atoms with van der Waals surface area (Å²) in [5.41, 5.74) is 0.682. The molecule has 1 atom stereocenters. The van der Waals surface area contributed by atoms with Crippen molar-refractivity contribution in [3.05, 3.63) is 33.4 Å². The van der Waals surface area contributed by atoms with E-state index in [1.807, 2.05) is 24.3 Å². The minimum atomic E-state index is -0.187. The number of hydrogen-bond acceptors (Lipinski definition) is 3. The van der Waals surface area contributed by atoms with Gasteiger partial charge in [-0.1, -0.05) is 6.07 Å². The highest BCUT2D eigenvalue weighted by Crippen LogP contribution is 2.20. The second kappa shape index (κ2) is 7.06. The lowest BCUT2D eigenvalue weighted by molar-refractivity contribution is -0.149. The summed E-state index contributed by atoms with van der Waals surface area (Å²) in [5, 5.41) is 0. The summed E-state index contributed by atoms with van der Waals surface area (Å²) >= 11 is 2.19. The molecule has 5 heteroatoms. The summed E-state index contributed by atoms with van der Waals surface area (Å²) < 4.78 is 6.09. The van der Waals surface area contributed by atoms with E-state index < -0.39 is 0 Å². The van der Waals surface area contributed by atoms with Crippen LogP contribution in [-0.4, -0.2) is 36.5 Å². The summed E-state index contributed by atoms with van der Waals surface area (Å²) in [5.74, 6) is -0.374. The summed E-state index contributed by atoms with van der Waals surface area (Å²) in [6, 6.07) is 7.52. The summed E-state index contributed by atoms with van der Waals surface area (Å²) in [7, 11) is 0. The van der Waals surface area contributed by atoms with Crippen molar-refractivity contribution in [1.29, 1.82) is 0 Å². The third-order valence-corrected chi connectivity index (χ3v) is 4.07. The van der Waals surface area contributed by atoms with Gasteiger partial charge in [0, 0.05) is 22.2 Å². The number of carbonyl (C=O) groups is 2. The van der Waals surface area contributed by atoms with Crippen molar-refractivity contribution in [2.45, 2.75) is 19.8 Å². The van der Waals surface area contributed by atoms with E-state index in [0.29, 0.717) is 25.3 Å². The highest BCUT2D eigenvalue weighted by molar-refractivity contribution is 14.1. The lowest BCUT2D eigenvalue weighted by atomic mass is 9.97. The van der Waals surface area contributed by atoms with Crippen molar-refractivity contribution >= 4 is 34.5 Å². The number of halogens is 1. The molecule has 1 saturated heterocycles. The van der Waals surface area contributed by atoms with Crippen LogP contribution >= 0.6 is 22.6 Å². The van der Waals surface area contributed by atoms with Crippen LogP contribution < -0.4 is 0 Å². The molecular weight excluding hydrogens is 369 g/mol. The fourth-order valence-electron chi connectivity index (χ4n) is 2.42. The zero-order chi connectivity index (χ0) is 14.5. The van der Waals surface area contributed by atoms with Gasteiger partial charge in [-0.3, -0.25) is 9.59 Å². The number of ether oxygens (including phenoxy) is 1. The number of piperidine rings is 1. The van der Waals surface area contributed by atoms with Crippen LogP contribution in [0.1, 0.15) is 30.1 Å². The van der Waals surface area contributed by atoms with Gasteiger partial charge in [-0.05, 0) is 60.6 Å². The predicted molar refractivity (Wildman–Crippen MR) is 84.4 cm³/mol. The number of amides is 1. The normalized spacial score (nSPS) is 18.7. The van der Waals surface area contributed by atoms with Gasteiger partial charge in [0.25, 0.3) is 5.91 Å². The Kier molecular flexibility index (Phi) is 5.39.